The molecule has 0 unspecified atom stereocenters. The van der Waals surface area contributed by atoms with Gasteiger partial charge in [0.15, 0.2) is 5.78 Å². The van der Waals surface area contributed by atoms with Crippen molar-refractivity contribution in [1.82, 2.24) is 5.32 Å². The number of fused-ring (bicyclic) bond motifs is 1. The molecule has 0 bridgehead atoms. The van der Waals surface area contributed by atoms with Gasteiger partial charge < -0.3 is 5.32 Å². The lowest BCUT2D eigenvalue weighted by Gasteiger charge is -2.06. The van der Waals surface area contributed by atoms with Gasteiger partial charge in [0.2, 0.25) is 0 Å². The van der Waals surface area contributed by atoms with Crippen molar-refractivity contribution in [3.63, 3.8) is 0 Å². The summed E-state index contributed by atoms with van der Waals surface area (Å²) in [7, 11) is 1.17. The lowest BCUT2D eigenvalue weighted by Crippen LogP contribution is -2.24. The number of hydrogen-bond donors (Lipinski definition) is 1. The molecule has 0 saturated heterocycles. The standard InChI is InChI=1S/C15H19NO2Si/c1-9-10(2)14(17)13-8-11(4-5-12(9)13)15(18)16-6-3-7-19/h4-5,8H,3,6-7H2,1-2,19H3,(H,16,18). The SMILES string of the molecule is CC1=C(C)c2ccc(C(=O)NCCC[SiH3])cc2C1=O. The first-order valence-corrected chi connectivity index (χ1v) is 8.12. The van der Waals surface area contributed by atoms with Crippen molar-refractivity contribution in [2.45, 2.75) is 26.3 Å². The summed E-state index contributed by atoms with van der Waals surface area (Å²) in [4.78, 5) is 24.0. The van der Waals surface area contributed by atoms with E-state index in [2.05, 4.69) is 5.32 Å². The molecule has 4 heteroatoms. The van der Waals surface area contributed by atoms with Gasteiger partial charge >= 0.3 is 0 Å². The number of allylic oxidation sites excluding steroid dienone is 2. The molecule has 0 saturated carbocycles. The molecule has 3 nitrogen and oxygen atoms in total. The van der Waals surface area contributed by atoms with Crippen LogP contribution < -0.4 is 5.32 Å². The maximum Gasteiger partial charge on any atom is 0.251 e. The highest BCUT2D eigenvalue weighted by molar-refractivity contribution is 6.20. The molecule has 0 atom stereocenters. The number of ketones is 1. The van der Waals surface area contributed by atoms with Crippen LogP contribution in [-0.2, 0) is 0 Å². The molecule has 0 aromatic heterocycles. The van der Waals surface area contributed by atoms with Crippen molar-refractivity contribution in [3.05, 3.63) is 40.5 Å². The Balaban J connectivity index is 2.21. The number of benzene rings is 1. The van der Waals surface area contributed by atoms with Gasteiger partial charge in [0.05, 0.1) is 0 Å². The second-order valence-electron chi connectivity index (χ2n) is 4.95. The number of hydrogen-bond acceptors (Lipinski definition) is 2. The van der Waals surface area contributed by atoms with Crippen LogP contribution in [0.1, 0.15) is 46.5 Å². The van der Waals surface area contributed by atoms with Gasteiger partial charge in [0.1, 0.15) is 0 Å². The van der Waals surface area contributed by atoms with Gasteiger partial charge in [-0.25, -0.2) is 0 Å². The predicted molar refractivity (Wildman–Crippen MR) is 80.7 cm³/mol. The number of carbonyl (C=O) groups is 2. The molecule has 0 heterocycles. The number of nitrogens with one attached hydrogen (secondary N) is 1. The Hall–Kier alpha value is -1.68. The molecule has 1 N–H and O–H groups in total. The molecular weight excluding hydrogens is 254 g/mol. The van der Waals surface area contributed by atoms with Crippen molar-refractivity contribution in [3.8, 4) is 0 Å². The summed E-state index contributed by atoms with van der Waals surface area (Å²) in [5, 5.41) is 2.89. The maximum atomic E-state index is 12.1. The average molecular weight is 273 g/mol. The zero-order valence-electron chi connectivity index (χ0n) is 11.7. The lowest BCUT2D eigenvalue weighted by molar-refractivity contribution is 0.0953. The van der Waals surface area contributed by atoms with Crippen LogP contribution in [-0.4, -0.2) is 28.5 Å². The van der Waals surface area contributed by atoms with E-state index in [0.29, 0.717) is 17.7 Å². The van der Waals surface area contributed by atoms with Gasteiger partial charge in [-0.1, -0.05) is 12.1 Å². The van der Waals surface area contributed by atoms with Crippen LogP contribution >= 0.6 is 0 Å². The fourth-order valence-electron chi connectivity index (χ4n) is 2.26. The molecule has 1 aromatic rings. The number of carbonyl (C=O) groups excluding carboxylic acids is 2. The second-order valence-corrected chi connectivity index (χ2v) is 5.95. The first kappa shape index (κ1) is 13.7. The van der Waals surface area contributed by atoms with E-state index in [1.807, 2.05) is 19.9 Å². The molecule has 0 spiro atoms. The predicted octanol–water partition coefficient (Wildman–Crippen LogP) is 1.58. The van der Waals surface area contributed by atoms with Crippen molar-refractivity contribution in [2.75, 3.05) is 6.54 Å². The summed E-state index contributed by atoms with van der Waals surface area (Å²) in [6, 6.07) is 6.57. The van der Waals surface area contributed by atoms with Crippen LogP contribution in [0.15, 0.2) is 23.8 Å². The van der Waals surface area contributed by atoms with Gasteiger partial charge in [-0.2, -0.15) is 0 Å². The minimum absolute atomic E-state index is 0.0432. The Morgan fingerprint density at radius 1 is 1.21 bits per heavy atom. The molecule has 0 radical (unpaired) electrons. The number of amides is 1. The van der Waals surface area contributed by atoms with Crippen molar-refractivity contribution in [2.24, 2.45) is 0 Å². The smallest absolute Gasteiger partial charge is 0.251 e. The molecule has 1 amide bonds. The Kier molecular flexibility index (Phi) is 4.00. The second kappa shape index (κ2) is 5.53. The van der Waals surface area contributed by atoms with E-state index in [1.54, 1.807) is 12.1 Å². The lowest BCUT2D eigenvalue weighted by atomic mass is 10.0. The van der Waals surface area contributed by atoms with Gasteiger partial charge in [0.25, 0.3) is 5.91 Å². The summed E-state index contributed by atoms with van der Waals surface area (Å²) in [5.41, 5.74) is 3.98. The minimum Gasteiger partial charge on any atom is -0.352 e. The largest absolute Gasteiger partial charge is 0.352 e. The topological polar surface area (TPSA) is 46.2 Å². The fourth-order valence-corrected chi connectivity index (χ4v) is 2.61. The van der Waals surface area contributed by atoms with E-state index in [9.17, 15) is 9.59 Å². The molecule has 100 valence electrons. The average Bonchev–Trinajstić information content (AvgIpc) is 2.64. The molecule has 0 fully saturated rings. The van der Waals surface area contributed by atoms with Crippen LogP contribution in [0.4, 0.5) is 0 Å². The van der Waals surface area contributed by atoms with Crippen LogP contribution in [0.2, 0.25) is 6.04 Å². The van der Waals surface area contributed by atoms with E-state index < -0.39 is 0 Å². The normalized spacial score (nSPS) is 13.9. The highest BCUT2D eigenvalue weighted by Crippen LogP contribution is 2.32. The fraction of sp³-hybridized carbons (Fsp3) is 0.333. The molecule has 2 rings (SSSR count). The summed E-state index contributed by atoms with van der Waals surface area (Å²) in [6.07, 6.45) is 1.03. The zero-order chi connectivity index (χ0) is 14.0. The van der Waals surface area contributed by atoms with E-state index in [0.717, 1.165) is 23.1 Å². The third-order valence-electron chi connectivity index (χ3n) is 3.65. The Bertz CT molecular complexity index is 576. The quantitative estimate of drug-likeness (QED) is 0.669. The van der Waals surface area contributed by atoms with Crippen molar-refractivity contribution in [1.29, 1.82) is 0 Å². The van der Waals surface area contributed by atoms with E-state index >= 15 is 0 Å². The maximum absolute atomic E-state index is 12.1. The van der Waals surface area contributed by atoms with Gasteiger partial charge in [-0.3, -0.25) is 9.59 Å². The van der Waals surface area contributed by atoms with Crippen molar-refractivity contribution < 1.29 is 9.59 Å². The Morgan fingerprint density at radius 3 is 2.63 bits per heavy atom. The first-order valence-electron chi connectivity index (χ1n) is 6.71. The summed E-state index contributed by atoms with van der Waals surface area (Å²) in [5.74, 6) is -0.0466. The molecular formula is C15H19NO2Si. The molecule has 19 heavy (non-hydrogen) atoms. The summed E-state index contributed by atoms with van der Waals surface area (Å²) >= 11 is 0. The van der Waals surface area contributed by atoms with E-state index in [-0.39, 0.29) is 11.7 Å². The highest BCUT2D eigenvalue weighted by Gasteiger charge is 2.24. The number of Topliss-reactive ketones (excluding diaryl/α,β-unsaturated/α-hetero) is 1. The van der Waals surface area contributed by atoms with Crippen LogP contribution in [0.25, 0.3) is 5.57 Å². The Morgan fingerprint density at radius 2 is 1.95 bits per heavy atom. The van der Waals surface area contributed by atoms with Gasteiger partial charge in [-0.15, -0.1) is 0 Å². The summed E-state index contributed by atoms with van der Waals surface area (Å²) < 4.78 is 0. The van der Waals surface area contributed by atoms with Crippen LogP contribution in [0.5, 0.6) is 0 Å². The molecule has 0 aliphatic heterocycles. The van der Waals surface area contributed by atoms with Gasteiger partial charge in [-0.05, 0) is 43.5 Å². The van der Waals surface area contributed by atoms with Crippen molar-refractivity contribution >= 4 is 27.5 Å². The molecule has 1 aliphatic rings. The molecule has 1 aromatic carbocycles. The number of rotatable bonds is 4. The minimum atomic E-state index is -0.0899. The zero-order valence-corrected chi connectivity index (χ0v) is 13.7. The molecule has 1 aliphatic carbocycles. The summed E-state index contributed by atoms with van der Waals surface area (Å²) in [6.45, 7) is 4.50. The van der Waals surface area contributed by atoms with E-state index in [4.69, 9.17) is 0 Å². The highest BCUT2D eigenvalue weighted by atomic mass is 28.1. The third kappa shape index (κ3) is 2.54. The van der Waals surface area contributed by atoms with E-state index in [1.165, 1.54) is 16.3 Å². The first-order chi connectivity index (χ1) is 9.06. The van der Waals surface area contributed by atoms with Crippen LogP contribution in [0.3, 0.4) is 0 Å². The monoisotopic (exact) mass is 273 g/mol. The van der Waals surface area contributed by atoms with Crippen LogP contribution in [0, 0.1) is 0 Å². The van der Waals surface area contributed by atoms with Gasteiger partial charge in [0, 0.05) is 33.5 Å². The third-order valence-corrected chi connectivity index (χ3v) is 4.36. The Labute approximate surface area is 116 Å².